The van der Waals surface area contributed by atoms with Crippen LogP contribution in [-0.4, -0.2) is 24.2 Å². The van der Waals surface area contributed by atoms with Gasteiger partial charge in [-0.05, 0) is 61.9 Å². The molecule has 164 valence electrons. The Bertz CT molecular complexity index is 1160. The first kappa shape index (κ1) is 22.6. The smallest absolute Gasteiger partial charge is 0.338 e. The van der Waals surface area contributed by atoms with Crippen molar-refractivity contribution < 1.29 is 19.4 Å². The first-order valence-electron chi connectivity index (χ1n) is 9.89. The largest absolute Gasteiger partial charge is 0.465 e. The zero-order valence-corrected chi connectivity index (χ0v) is 18.0. The lowest BCUT2D eigenvalue weighted by atomic mass is 10.1. The number of rotatable bonds is 6. The number of nitrogens with one attached hydrogen (secondary N) is 2. The zero-order valence-electron chi connectivity index (χ0n) is 18.0. The van der Waals surface area contributed by atoms with Gasteiger partial charge < -0.3 is 20.5 Å². The molecule has 0 atom stereocenters. The molecule has 3 aromatic carbocycles. The van der Waals surface area contributed by atoms with E-state index in [9.17, 15) is 14.7 Å². The number of aliphatic hydroxyl groups is 1. The Morgan fingerprint density at radius 2 is 1.59 bits per heavy atom. The van der Waals surface area contributed by atoms with Crippen molar-refractivity contribution in [3.63, 3.8) is 0 Å². The van der Waals surface area contributed by atoms with E-state index in [1.54, 1.807) is 48.5 Å². The maximum Gasteiger partial charge on any atom is 0.338 e. The highest BCUT2D eigenvalue weighted by molar-refractivity contribution is 6.00. The van der Waals surface area contributed by atoms with Crippen LogP contribution in [0.5, 0.6) is 0 Å². The molecule has 3 N–H and O–H groups in total. The van der Waals surface area contributed by atoms with Crippen LogP contribution in [0.25, 0.3) is 0 Å². The van der Waals surface area contributed by atoms with Crippen LogP contribution in [0, 0.1) is 13.8 Å². The molecule has 3 aromatic rings. The lowest BCUT2D eigenvalue weighted by molar-refractivity contribution is 0.0600. The third-order valence-corrected chi connectivity index (χ3v) is 4.71. The summed E-state index contributed by atoms with van der Waals surface area (Å²) in [5, 5.41) is 23.3. The van der Waals surface area contributed by atoms with Crippen LogP contribution in [0.1, 0.15) is 27.0 Å². The van der Waals surface area contributed by atoms with Crippen molar-refractivity contribution in [1.82, 2.24) is 0 Å². The molecule has 32 heavy (non-hydrogen) atoms. The van der Waals surface area contributed by atoms with Crippen LogP contribution < -0.4 is 10.6 Å². The Balaban J connectivity index is 1.64. The summed E-state index contributed by atoms with van der Waals surface area (Å²) >= 11 is 0. The molecule has 8 heteroatoms. The molecular weight excluding hydrogens is 408 g/mol. The van der Waals surface area contributed by atoms with Crippen molar-refractivity contribution in [2.75, 3.05) is 17.7 Å². The minimum absolute atomic E-state index is 0.168. The number of ether oxygens (including phenoxy) is 1. The molecule has 8 nitrogen and oxygen atoms in total. The monoisotopic (exact) mass is 432 g/mol. The second-order valence-electron chi connectivity index (χ2n) is 7.14. The number of hydrogen-bond acceptors (Lipinski definition) is 6. The molecule has 0 saturated heterocycles. The van der Waals surface area contributed by atoms with Crippen molar-refractivity contribution in [3.8, 4) is 0 Å². The summed E-state index contributed by atoms with van der Waals surface area (Å²) in [5.41, 5.74) is 5.09. The SMILES string of the molecule is COC(=O)c1cc(N=Nc2ccc(NC(=O)Nc3ccc(C)cc3CO)cc2)ccc1C. The number of methoxy groups -OCH3 is 1. The number of carbonyl (C=O) groups excluding carboxylic acids is 2. The molecular formula is C24H24N4O4. The number of nitrogens with zero attached hydrogens (tertiary/aromatic N) is 2. The molecule has 0 fully saturated rings. The van der Waals surface area contributed by atoms with Crippen LogP contribution in [0.2, 0.25) is 0 Å². The highest BCUT2D eigenvalue weighted by Crippen LogP contribution is 2.23. The van der Waals surface area contributed by atoms with Crippen LogP contribution >= 0.6 is 0 Å². The number of esters is 1. The molecule has 0 spiro atoms. The third-order valence-electron chi connectivity index (χ3n) is 4.71. The third kappa shape index (κ3) is 5.77. The minimum atomic E-state index is -0.426. The second-order valence-corrected chi connectivity index (χ2v) is 7.14. The Morgan fingerprint density at radius 1 is 0.906 bits per heavy atom. The van der Waals surface area contributed by atoms with Crippen molar-refractivity contribution in [2.45, 2.75) is 20.5 Å². The van der Waals surface area contributed by atoms with Crippen LogP contribution in [0.4, 0.5) is 27.5 Å². The Kier molecular flexibility index (Phi) is 7.30. The molecule has 2 amide bonds. The summed E-state index contributed by atoms with van der Waals surface area (Å²) < 4.78 is 4.77. The normalized spacial score (nSPS) is 10.8. The number of hydrogen-bond donors (Lipinski definition) is 3. The molecule has 0 aliphatic carbocycles. The predicted octanol–water partition coefficient (Wildman–Crippen LogP) is 5.64. The molecule has 0 aliphatic rings. The molecule has 0 aliphatic heterocycles. The highest BCUT2D eigenvalue weighted by Gasteiger charge is 2.10. The van der Waals surface area contributed by atoms with Gasteiger partial charge in [-0.15, -0.1) is 0 Å². The van der Waals surface area contributed by atoms with Gasteiger partial charge >= 0.3 is 12.0 Å². The number of aryl methyl sites for hydroxylation is 2. The highest BCUT2D eigenvalue weighted by atomic mass is 16.5. The summed E-state index contributed by atoms with van der Waals surface area (Å²) in [6.45, 7) is 3.57. The van der Waals surface area contributed by atoms with Crippen molar-refractivity contribution in [1.29, 1.82) is 0 Å². The van der Waals surface area contributed by atoms with Gasteiger partial charge in [0.1, 0.15) is 0 Å². The molecule has 0 unspecified atom stereocenters. The van der Waals surface area contributed by atoms with Crippen molar-refractivity contribution >= 4 is 34.7 Å². The van der Waals surface area contributed by atoms with Gasteiger partial charge in [0.05, 0.1) is 30.7 Å². The molecule has 0 bridgehead atoms. The van der Waals surface area contributed by atoms with E-state index in [2.05, 4.69) is 20.9 Å². The van der Waals surface area contributed by atoms with Gasteiger partial charge in [0.15, 0.2) is 0 Å². The molecule has 0 heterocycles. The first-order chi connectivity index (χ1) is 15.4. The van der Waals surface area contributed by atoms with Crippen LogP contribution in [0.3, 0.4) is 0 Å². The van der Waals surface area contributed by atoms with Crippen LogP contribution in [0.15, 0.2) is 70.9 Å². The maximum atomic E-state index is 12.3. The molecule has 3 rings (SSSR count). The van der Waals surface area contributed by atoms with E-state index in [0.29, 0.717) is 33.9 Å². The van der Waals surface area contributed by atoms with Gasteiger partial charge in [0, 0.05) is 16.9 Å². The lowest BCUT2D eigenvalue weighted by Crippen LogP contribution is -2.20. The van der Waals surface area contributed by atoms with Crippen LogP contribution in [-0.2, 0) is 11.3 Å². The van der Waals surface area contributed by atoms with Gasteiger partial charge in [-0.25, -0.2) is 9.59 Å². The number of benzene rings is 3. The quantitative estimate of drug-likeness (QED) is 0.345. The van der Waals surface area contributed by atoms with E-state index < -0.39 is 12.0 Å². The topological polar surface area (TPSA) is 112 Å². The number of urea groups is 1. The number of carbonyl (C=O) groups is 2. The van der Waals surface area contributed by atoms with E-state index in [1.807, 2.05) is 26.0 Å². The fourth-order valence-electron chi connectivity index (χ4n) is 2.99. The zero-order chi connectivity index (χ0) is 23.1. The average molecular weight is 432 g/mol. The molecule has 0 radical (unpaired) electrons. The minimum Gasteiger partial charge on any atom is -0.465 e. The Morgan fingerprint density at radius 3 is 2.28 bits per heavy atom. The summed E-state index contributed by atoms with van der Waals surface area (Å²) in [5.74, 6) is -0.426. The fourth-order valence-corrected chi connectivity index (χ4v) is 2.99. The number of azo groups is 1. The van der Waals surface area contributed by atoms with Crippen molar-refractivity contribution in [2.24, 2.45) is 10.2 Å². The van der Waals surface area contributed by atoms with Gasteiger partial charge in [-0.3, -0.25) is 0 Å². The fraction of sp³-hybridized carbons (Fsp3) is 0.167. The number of anilines is 2. The summed E-state index contributed by atoms with van der Waals surface area (Å²) in [4.78, 5) is 24.1. The average Bonchev–Trinajstić information content (AvgIpc) is 2.80. The lowest BCUT2D eigenvalue weighted by Gasteiger charge is -2.11. The number of amides is 2. The van der Waals surface area contributed by atoms with E-state index >= 15 is 0 Å². The first-order valence-corrected chi connectivity index (χ1v) is 9.89. The van der Waals surface area contributed by atoms with E-state index in [1.165, 1.54) is 7.11 Å². The Labute approximate surface area is 186 Å². The Hall–Kier alpha value is -4.04. The van der Waals surface area contributed by atoms with Gasteiger partial charge in [-0.2, -0.15) is 10.2 Å². The molecule has 0 saturated carbocycles. The standard InChI is InChI=1S/C24H24N4O4/c1-15-4-11-22(17(12-15)14-29)26-24(31)25-18-7-9-19(10-8-18)27-28-20-6-5-16(2)21(13-20)23(30)32-3/h4-13,29H,14H2,1-3H3,(H2,25,26,31). The summed E-state index contributed by atoms with van der Waals surface area (Å²) in [6, 6.07) is 17.0. The van der Waals surface area contributed by atoms with E-state index in [0.717, 1.165) is 11.1 Å². The maximum absolute atomic E-state index is 12.3. The number of aliphatic hydroxyl groups excluding tert-OH is 1. The molecule has 0 aromatic heterocycles. The van der Waals surface area contributed by atoms with Crippen molar-refractivity contribution in [3.05, 3.63) is 82.9 Å². The summed E-state index contributed by atoms with van der Waals surface area (Å²) in [7, 11) is 1.33. The summed E-state index contributed by atoms with van der Waals surface area (Å²) in [6.07, 6.45) is 0. The van der Waals surface area contributed by atoms with Gasteiger partial charge in [-0.1, -0.05) is 23.8 Å². The van der Waals surface area contributed by atoms with Gasteiger partial charge in [0.2, 0.25) is 0 Å². The van der Waals surface area contributed by atoms with Gasteiger partial charge in [0.25, 0.3) is 0 Å². The predicted molar refractivity (Wildman–Crippen MR) is 123 cm³/mol. The van der Waals surface area contributed by atoms with E-state index in [-0.39, 0.29) is 6.61 Å². The van der Waals surface area contributed by atoms with E-state index in [4.69, 9.17) is 4.74 Å². The second kappa shape index (κ2) is 10.3.